The predicted octanol–water partition coefficient (Wildman–Crippen LogP) is 11.6. The first kappa shape index (κ1) is 76.2. The van der Waals surface area contributed by atoms with Crippen molar-refractivity contribution in [3.05, 3.63) is 171 Å². The fourth-order valence-corrected chi connectivity index (χ4v) is 17.8. The van der Waals surface area contributed by atoms with E-state index in [4.69, 9.17) is 15.0 Å². The number of piperidine rings is 4. The molecule has 522 valence electrons. The van der Waals surface area contributed by atoms with Gasteiger partial charge in [0, 0.05) is 166 Å². The van der Waals surface area contributed by atoms with Gasteiger partial charge in [-0.1, -0.05) is 78.5 Å². The third-order valence-corrected chi connectivity index (χ3v) is 24.2. The average Bonchev–Trinajstić information content (AvgIpc) is 1.63. The first-order chi connectivity index (χ1) is 45.6. The second kappa shape index (κ2) is 31.9. The van der Waals surface area contributed by atoms with Gasteiger partial charge in [0.2, 0.25) is 0 Å². The molecule has 6 fully saturated rings. The first-order valence-corrected chi connectivity index (χ1v) is 35.7. The molecule has 4 saturated heterocycles. The van der Waals surface area contributed by atoms with Gasteiger partial charge in [-0.3, -0.25) is 14.4 Å². The third-order valence-electron chi connectivity index (χ3n) is 22.5. The Balaban J connectivity index is 0.000000172. The van der Waals surface area contributed by atoms with E-state index in [0.29, 0.717) is 32.7 Å². The molecule has 16 rings (SSSR count). The van der Waals surface area contributed by atoms with Gasteiger partial charge < -0.3 is 49.2 Å². The number of aromatic nitrogens is 9. The average molecular weight is 1390 g/mol. The normalized spacial score (nSPS) is 17.8. The molecule has 0 unspecified atom stereocenters. The molecule has 0 amide bonds. The van der Waals surface area contributed by atoms with Crippen LogP contribution in [0.3, 0.4) is 0 Å². The van der Waals surface area contributed by atoms with E-state index in [-0.39, 0.29) is 106 Å². The van der Waals surface area contributed by atoms with Crippen molar-refractivity contribution in [3.63, 3.8) is 0 Å². The predicted molar refractivity (Wildman–Crippen MR) is 400 cm³/mol. The molecule has 4 aliphatic heterocycles. The van der Waals surface area contributed by atoms with Crippen LogP contribution in [0.25, 0.3) is 66.1 Å². The number of H-pyrrole nitrogens is 2. The van der Waals surface area contributed by atoms with Crippen LogP contribution in [-0.4, -0.2) is 109 Å². The summed E-state index contributed by atoms with van der Waals surface area (Å²) in [4.78, 5) is 65.6. The molecular formula is C78H102KN13O6S. The molecule has 21 heteroatoms. The van der Waals surface area contributed by atoms with E-state index in [0.717, 1.165) is 110 Å². The largest absolute Gasteiger partial charge is 1.00 e. The zero-order valence-corrected chi connectivity index (χ0v) is 60.4. The van der Waals surface area contributed by atoms with Crippen molar-refractivity contribution in [2.24, 2.45) is 37.4 Å². The molecule has 99 heavy (non-hydrogen) atoms. The van der Waals surface area contributed by atoms with Crippen LogP contribution in [0.15, 0.2) is 154 Å². The molecule has 19 nitrogen and oxygen atoms in total. The van der Waals surface area contributed by atoms with Gasteiger partial charge >= 0.3 is 51.4 Å². The quantitative estimate of drug-likeness (QED) is 0.120. The molecule has 0 atom stereocenters. The zero-order chi connectivity index (χ0) is 64.8. The van der Waals surface area contributed by atoms with Crippen molar-refractivity contribution in [2.75, 3.05) is 67.1 Å². The standard InChI is InChI=1S/C30H34N4O3S.C23H28N4O.C22H27N5O.3CH4.K.H2O/c1-22-6-9-24(10-7-22)38(36,37)34-17-12-25-26(21-32(2)29(35)28(25)34)23-8-11-27(31-20-23)33-18-15-30(16-19-33)13-4-3-5-14-30;1-26-16-19(18-7-12-24-21(18)22(26)28)17-5-6-20(25-15-17)27-13-10-23(11-14-27)8-3-2-4-9-23;1-26-15-18(17-4-9-24-20(17)21(26)28)16-2-3-19(25-14-16)27-12-7-22(8-13-27)5-10-23-11-6-22;;;;;/h6-12,17,20-21H,3-5,13-16,18-19H2,1-2H3;5-7,12,15-16,24H,2-4,8-11,13-14H2,1H3;2-4,9,14-15,23-24H,5-8,10-13H2,1H3;3*1H4;;1H2/q;;;;;;+1;/p-1. The summed E-state index contributed by atoms with van der Waals surface area (Å²) in [6.07, 6.45) is 40.6. The van der Waals surface area contributed by atoms with Crippen LogP contribution in [0.2, 0.25) is 0 Å². The van der Waals surface area contributed by atoms with Crippen molar-refractivity contribution in [2.45, 2.75) is 150 Å². The van der Waals surface area contributed by atoms with Gasteiger partial charge in [0.25, 0.3) is 26.7 Å². The minimum absolute atomic E-state index is 0. The van der Waals surface area contributed by atoms with Crippen molar-refractivity contribution in [1.29, 1.82) is 0 Å². The molecule has 9 aromatic heterocycles. The summed E-state index contributed by atoms with van der Waals surface area (Å²) in [6.45, 7) is 10.7. The summed E-state index contributed by atoms with van der Waals surface area (Å²) >= 11 is 0. The van der Waals surface area contributed by atoms with Gasteiger partial charge in [-0.25, -0.2) is 27.3 Å². The number of hydrogen-bond donors (Lipinski definition) is 3. The number of anilines is 3. The van der Waals surface area contributed by atoms with Crippen LogP contribution in [0.4, 0.5) is 17.5 Å². The summed E-state index contributed by atoms with van der Waals surface area (Å²) in [7, 11) is 1.31. The maximum atomic E-state index is 13.5. The second-order valence-corrected chi connectivity index (χ2v) is 30.0. The Morgan fingerprint density at radius 2 is 0.798 bits per heavy atom. The summed E-state index contributed by atoms with van der Waals surface area (Å²) in [5.41, 5.74) is 9.52. The molecule has 6 aliphatic rings. The fraction of sp³-hybridized carbons (Fsp3) is 0.462. The van der Waals surface area contributed by atoms with Crippen LogP contribution in [-0.2, 0) is 31.2 Å². The number of nitrogens with zero attached hydrogens (tertiary/aromatic N) is 10. The van der Waals surface area contributed by atoms with Gasteiger partial charge in [0.15, 0.2) is 0 Å². The van der Waals surface area contributed by atoms with E-state index < -0.39 is 10.0 Å². The smallest absolute Gasteiger partial charge is 0.870 e. The van der Waals surface area contributed by atoms with Crippen LogP contribution in [0.1, 0.15) is 143 Å². The van der Waals surface area contributed by atoms with E-state index in [1.165, 1.54) is 139 Å². The summed E-state index contributed by atoms with van der Waals surface area (Å²) in [5.74, 6) is 3.10. The Kier molecular flexibility index (Phi) is 24.6. The van der Waals surface area contributed by atoms with Gasteiger partial charge in [0.1, 0.15) is 34.0 Å². The maximum absolute atomic E-state index is 13.5. The van der Waals surface area contributed by atoms with Crippen molar-refractivity contribution in [1.82, 2.24) is 47.9 Å². The molecule has 10 aromatic rings. The number of pyridine rings is 6. The molecular weight excluding hydrogens is 1290 g/mol. The van der Waals surface area contributed by atoms with Crippen molar-refractivity contribution in [3.8, 4) is 33.4 Å². The molecule has 2 aliphatic carbocycles. The van der Waals surface area contributed by atoms with Crippen LogP contribution in [0, 0.1) is 23.2 Å². The first-order valence-electron chi connectivity index (χ1n) is 34.3. The number of rotatable bonds is 8. The Morgan fingerprint density at radius 1 is 0.434 bits per heavy atom. The topological polar surface area (TPSA) is 227 Å². The van der Waals surface area contributed by atoms with Gasteiger partial charge in [-0.15, -0.1) is 0 Å². The van der Waals surface area contributed by atoms with Crippen LogP contribution in [0.5, 0.6) is 0 Å². The Labute approximate surface area is 626 Å². The van der Waals surface area contributed by atoms with E-state index in [1.54, 1.807) is 66.8 Å². The second-order valence-electron chi connectivity index (χ2n) is 28.1. The third kappa shape index (κ3) is 15.5. The molecule has 0 radical (unpaired) electrons. The van der Waals surface area contributed by atoms with Gasteiger partial charge in [0.05, 0.1) is 4.90 Å². The van der Waals surface area contributed by atoms with Crippen LogP contribution < -0.4 is 88.1 Å². The summed E-state index contributed by atoms with van der Waals surface area (Å²) in [6, 6.07) is 24.9. The van der Waals surface area contributed by atoms with Gasteiger partial charge in [-0.2, -0.15) is 0 Å². The number of aryl methyl sites for hydroxylation is 4. The van der Waals surface area contributed by atoms with E-state index >= 15 is 0 Å². The van der Waals surface area contributed by atoms with Gasteiger partial charge in [-0.05, 0) is 180 Å². The van der Waals surface area contributed by atoms with Crippen molar-refractivity contribution < 1.29 is 65.3 Å². The molecule has 13 heterocycles. The Morgan fingerprint density at radius 3 is 1.17 bits per heavy atom. The number of benzene rings is 1. The number of aromatic amines is 2. The Hall–Kier alpha value is -6.95. The van der Waals surface area contributed by atoms with Crippen LogP contribution >= 0.6 is 0 Å². The van der Waals surface area contributed by atoms with E-state index in [1.807, 2.05) is 74.6 Å². The SMILES string of the molecule is C.C.C.Cc1ccc(S(=O)(=O)n2ccc3c(-c4ccc(N5CCC6(CCCCC6)CC5)nc4)cn(C)c(=O)c32)cc1.Cn1cc(-c2ccc(N3CCC4(CCCCC4)CC3)nc2)c2cc[nH]c2c1=O.Cn1cc(-c2ccc(N3CCC4(CCNCC4)CC3)nc2)c2cc[nH]c2c1=O.[K+].[OH-]. The summed E-state index contributed by atoms with van der Waals surface area (Å²) in [5, 5.41) is 5.98. The summed E-state index contributed by atoms with van der Waals surface area (Å²) < 4.78 is 32.7. The fourth-order valence-electron chi connectivity index (χ4n) is 16.5. The molecule has 1 aromatic carbocycles. The number of nitrogens with one attached hydrogen (secondary N) is 3. The molecule has 2 saturated carbocycles. The zero-order valence-electron chi connectivity index (χ0n) is 56.5. The molecule has 4 N–H and O–H groups in total. The van der Waals surface area contributed by atoms with Crippen molar-refractivity contribution >= 4 is 60.2 Å². The molecule has 0 bridgehead atoms. The monoisotopic (exact) mass is 1390 g/mol. The van der Waals surface area contributed by atoms with E-state index in [2.05, 4.69) is 54.2 Å². The maximum Gasteiger partial charge on any atom is 1.00 e. The number of fused-ring (bicyclic) bond motifs is 3. The van der Waals surface area contributed by atoms with E-state index in [9.17, 15) is 22.8 Å². The minimum Gasteiger partial charge on any atom is -0.870 e. The number of hydrogen-bond acceptors (Lipinski definition) is 13. The molecule has 3 spiro atoms. The Bertz CT molecular complexity index is 4470. The minimum atomic E-state index is -3.93.